The number of H-pyrrole nitrogens is 1. The molecule has 3 N–H and O–H groups in total. The molecule has 7 heteroatoms. The zero-order valence-corrected chi connectivity index (χ0v) is 13.1. The Morgan fingerprint density at radius 2 is 2.00 bits per heavy atom. The first kappa shape index (κ1) is 14.7. The highest BCUT2D eigenvalue weighted by Crippen LogP contribution is 2.34. The lowest BCUT2D eigenvalue weighted by Gasteiger charge is -2.19. The highest BCUT2D eigenvalue weighted by molar-refractivity contribution is 6.10. The van der Waals surface area contributed by atoms with Gasteiger partial charge in [-0.3, -0.25) is 14.5 Å². The van der Waals surface area contributed by atoms with Crippen LogP contribution in [0.2, 0.25) is 0 Å². The summed E-state index contributed by atoms with van der Waals surface area (Å²) in [6.45, 7) is -0.269. The van der Waals surface area contributed by atoms with Crippen LogP contribution in [-0.4, -0.2) is 39.8 Å². The molecule has 2 aliphatic rings. The number of anilines is 1. The maximum atomic E-state index is 12.5. The van der Waals surface area contributed by atoms with Gasteiger partial charge in [0.2, 0.25) is 5.91 Å². The second kappa shape index (κ2) is 5.36. The molecular formula is C17H18N4O3. The molecule has 0 bridgehead atoms. The number of nitrogens with zero attached hydrogens (tertiary/aromatic N) is 1. The lowest BCUT2D eigenvalue weighted by Crippen LogP contribution is -2.44. The standard InChI is InChI=1S/C17H18N4O3/c22-14(19-12-4-3-11-5-8-18-13(11)9-12)10-21-15(23)17(20-16(21)24)6-1-2-7-17/h3-5,8-9,18H,1-2,6-7,10H2,(H,19,22)(H,20,24). The number of urea groups is 1. The van der Waals surface area contributed by atoms with Crippen molar-refractivity contribution in [1.82, 2.24) is 15.2 Å². The number of aromatic amines is 1. The van der Waals surface area contributed by atoms with Crippen molar-refractivity contribution in [3.63, 3.8) is 0 Å². The van der Waals surface area contributed by atoms with Gasteiger partial charge in [0, 0.05) is 17.4 Å². The summed E-state index contributed by atoms with van der Waals surface area (Å²) in [7, 11) is 0. The number of carbonyl (C=O) groups excluding carboxylic acids is 3. The predicted molar refractivity (Wildman–Crippen MR) is 88.4 cm³/mol. The lowest BCUT2D eigenvalue weighted by atomic mass is 9.98. The highest BCUT2D eigenvalue weighted by Gasteiger charge is 2.52. The molecule has 1 aromatic heterocycles. The van der Waals surface area contributed by atoms with Gasteiger partial charge in [0.05, 0.1) is 0 Å². The number of rotatable bonds is 3. The summed E-state index contributed by atoms with van der Waals surface area (Å²) in [6, 6.07) is 6.96. The molecule has 7 nitrogen and oxygen atoms in total. The molecule has 0 unspecified atom stereocenters. The van der Waals surface area contributed by atoms with Crippen molar-refractivity contribution in [1.29, 1.82) is 0 Å². The minimum absolute atomic E-state index is 0.269. The Balaban J connectivity index is 1.45. The van der Waals surface area contributed by atoms with Gasteiger partial charge in [-0.2, -0.15) is 0 Å². The first-order valence-electron chi connectivity index (χ1n) is 8.09. The second-order valence-electron chi connectivity index (χ2n) is 6.44. The molecule has 1 aliphatic heterocycles. The zero-order valence-electron chi connectivity index (χ0n) is 13.1. The quantitative estimate of drug-likeness (QED) is 0.753. The number of hydrogen-bond acceptors (Lipinski definition) is 3. The van der Waals surface area contributed by atoms with E-state index in [4.69, 9.17) is 0 Å². The number of carbonyl (C=O) groups is 3. The molecule has 4 rings (SSSR count). The summed E-state index contributed by atoms with van der Waals surface area (Å²) in [4.78, 5) is 40.9. The van der Waals surface area contributed by atoms with Gasteiger partial charge in [-0.15, -0.1) is 0 Å². The maximum Gasteiger partial charge on any atom is 0.325 e. The molecule has 4 amide bonds. The Bertz CT molecular complexity index is 835. The molecule has 1 saturated carbocycles. The molecule has 1 saturated heterocycles. The van der Waals surface area contributed by atoms with E-state index in [9.17, 15) is 14.4 Å². The molecule has 124 valence electrons. The highest BCUT2D eigenvalue weighted by atomic mass is 16.2. The first-order valence-corrected chi connectivity index (χ1v) is 8.09. The molecule has 0 atom stereocenters. The summed E-state index contributed by atoms with van der Waals surface area (Å²) in [5.74, 6) is -0.667. The van der Waals surface area contributed by atoms with Crippen molar-refractivity contribution in [2.45, 2.75) is 31.2 Å². The van der Waals surface area contributed by atoms with E-state index in [-0.39, 0.29) is 18.4 Å². The van der Waals surface area contributed by atoms with Gasteiger partial charge in [-0.1, -0.05) is 18.9 Å². The third-order valence-electron chi connectivity index (χ3n) is 4.84. The molecule has 1 aliphatic carbocycles. The van der Waals surface area contributed by atoms with Gasteiger partial charge in [0.1, 0.15) is 12.1 Å². The number of nitrogens with one attached hydrogen (secondary N) is 3. The van der Waals surface area contributed by atoms with Crippen LogP contribution in [-0.2, 0) is 9.59 Å². The van der Waals surface area contributed by atoms with E-state index in [1.807, 2.05) is 24.4 Å². The van der Waals surface area contributed by atoms with E-state index in [0.29, 0.717) is 18.5 Å². The van der Waals surface area contributed by atoms with E-state index in [1.54, 1.807) is 6.07 Å². The van der Waals surface area contributed by atoms with Gasteiger partial charge >= 0.3 is 6.03 Å². The summed E-state index contributed by atoms with van der Waals surface area (Å²) in [6.07, 6.45) is 4.97. The monoisotopic (exact) mass is 326 g/mol. The summed E-state index contributed by atoms with van der Waals surface area (Å²) >= 11 is 0. The van der Waals surface area contributed by atoms with Crippen LogP contribution < -0.4 is 10.6 Å². The third kappa shape index (κ3) is 2.33. The van der Waals surface area contributed by atoms with E-state index >= 15 is 0 Å². The number of fused-ring (bicyclic) bond motifs is 1. The average molecular weight is 326 g/mol. The molecule has 2 heterocycles. The summed E-state index contributed by atoms with van der Waals surface area (Å²) in [5.41, 5.74) is 0.755. The summed E-state index contributed by atoms with van der Waals surface area (Å²) < 4.78 is 0. The SMILES string of the molecule is O=C(CN1C(=O)NC2(CCCC2)C1=O)Nc1ccc2cc[nH]c2c1. The van der Waals surface area contributed by atoms with E-state index in [0.717, 1.165) is 28.6 Å². The van der Waals surface area contributed by atoms with Crippen LogP contribution in [0.4, 0.5) is 10.5 Å². The fourth-order valence-electron chi connectivity index (χ4n) is 3.61. The third-order valence-corrected chi connectivity index (χ3v) is 4.84. The molecular weight excluding hydrogens is 308 g/mol. The van der Waals surface area contributed by atoms with Crippen LogP contribution in [0.5, 0.6) is 0 Å². The lowest BCUT2D eigenvalue weighted by molar-refractivity contribution is -0.133. The number of amides is 4. The van der Waals surface area contributed by atoms with Crippen LogP contribution in [0.15, 0.2) is 30.5 Å². The van der Waals surface area contributed by atoms with Gasteiger partial charge in [0.15, 0.2) is 0 Å². The van der Waals surface area contributed by atoms with Gasteiger partial charge < -0.3 is 15.6 Å². The molecule has 0 radical (unpaired) electrons. The van der Waals surface area contributed by atoms with Gasteiger partial charge in [-0.05, 0) is 36.4 Å². The largest absolute Gasteiger partial charge is 0.361 e. The van der Waals surface area contributed by atoms with E-state index in [1.165, 1.54) is 0 Å². The van der Waals surface area contributed by atoms with Crippen LogP contribution >= 0.6 is 0 Å². The molecule has 1 spiro atoms. The summed E-state index contributed by atoms with van der Waals surface area (Å²) in [5, 5.41) is 6.56. The van der Waals surface area contributed by atoms with Crippen molar-refractivity contribution in [3.05, 3.63) is 30.5 Å². The molecule has 2 fully saturated rings. The minimum Gasteiger partial charge on any atom is -0.361 e. The minimum atomic E-state index is -0.777. The zero-order chi connectivity index (χ0) is 16.7. The second-order valence-corrected chi connectivity index (χ2v) is 6.44. The van der Waals surface area contributed by atoms with Crippen molar-refractivity contribution in [3.8, 4) is 0 Å². The number of aromatic nitrogens is 1. The van der Waals surface area contributed by atoms with Crippen molar-refractivity contribution in [2.75, 3.05) is 11.9 Å². The molecule has 2 aromatic rings. The van der Waals surface area contributed by atoms with Crippen molar-refractivity contribution < 1.29 is 14.4 Å². The first-order chi connectivity index (χ1) is 11.6. The Kier molecular flexibility index (Phi) is 3.30. The molecule has 24 heavy (non-hydrogen) atoms. The average Bonchev–Trinajstić information content (AvgIpc) is 3.25. The van der Waals surface area contributed by atoms with Crippen LogP contribution in [0.1, 0.15) is 25.7 Å². The fraction of sp³-hybridized carbons (Fsp3) is 0.353. The Labute approximate surface area is 138 Å². The van der Waals surface area contributed by atoms with Crippen LogP contribution in [0, 0.1) is 0 Å². The van der Waals surface area contributed by atoms with Gasteiger partial charge in [-0.25, -0.2) is 4.79 Å². The van der Waals surface area contributed by atoms with Gasteiger partial charge in [0.25, 0.3) is 5.91 Å². The van der Waals surface area contributed by atoms with Crippen LogP contribution in [0.25, 0.3) is 10.9 Å². The van der Waals surface area contributed by atoms with E-state index < -0.39 is 11.6 Å². The number of benzene rings is 1. The normalized spacial score (nSPS) is 19.2. The van der Waals surface area contributed by atoms with Crippen LogP contribution in [0.3, 0.4) is 0 Å². The Morgan fingerprint density at radius 1 is 1.21 bits per heavy atom. The topological polar surface area (TPSA) is 94.3 Å². The van der Waals surface area contributed by atoms with E-state index in [2.05, 4.69) is 15.6 Å². The number of imide groups is 1. The van der Waals surface area contributed by atoms with Crippen molar-refractivity contribution in [2.24, 2.45) is 0 Å². The smallest absolute Gasteiger partial charge is 0.325 e. The molecule has 1 aromatic carbocycles. The number of hydrogen-bond donors (Lipinski definition) is 3. The maximum absolute atomic E-state index is 12.5. The Morgan fingerprint density at radius 3 is 2.79 bits per heavy atom. The fourth-order valence-corrected chi connectivity index (χ4v) is 3.61. The van der Waals surface area contributed by atoms with Crippen molar-refractivity contribution >= 4 is 34.4 Å². The Hall–Kier alpha value is -2.83. The predicted octanol–water partition coefficient (Wildman–Crippen LogP) is 1.97.